The Kier molecular flexibility index (Phi) is 5.60. The number of amides is 1. The molecule has 1 N–H and O–H groups in total. The van der Waals surface area contributed by atoms with E-state index in [-0.39, 0.29) is 17.1 Å². The number of benzene rings is 3. The third kappa shape index (κ3) is 4.59. The van der Waals surface area contributed by atoms with Crippen LogP contribution in [0.4, 0.5) is 10.1 Å². The van der Waals surface area contributed by atoms with Crippen molar-refractivity contribution in [2.24, 2.45) is 0 Å². The third-order valence-corrected chi connectivity index (χ3v) is 3.67. The standard InChI is InChI=1S/C22H15FN2O2/c23-18-10-4-6-12-20(18)27-21-13-7-5-11-19(21)25-22(26)17(15-24)14-16-8-2-1-3-9-16/h1-14H,(H,25,26)/b17-14-. The second kappa shape index (κ2) is 8.45. The predicted octanol–water partition coefficient (Wildman–Crippen LogP) is 5.16. The third-order valence-electron chi connectivity index (χ3n) is 3.67. The van der Waals surface area contributed by atoms with Crippen LogP contribution in [0.1, 0.15) is 5.56 Å². The number of nitrogens with zero attached hydrogens (tertiary/aromatic N) is 1. The molecule has 3 aromatic carbocycles. The van der Waals surface area contributed by atoms with Crippen LogP contribution in [0, 0.1) is 17.1 Å². The molecule has 0 aliphatic carbocycles. The van der Waals surface area contributed by atoms with Crippen LogP contribution in [0.2, 0.25) is 0 Å². The Hall–Kier alpha value is -3.91. The minimum atomic E-state index is -0.578. The summed E-state index contributed by atoms with van der Waals surface area (Å²) in [7, 11) is 0. The molecule has 0 spiro atoms. The molecule has 0 saturated carbocycles. The van der Waals surface area contributed by atoms with E-state index < -0.39 is 11.7 Å². The summed E-state index contributed by atoms with van der Waals surface area (Å²) in [5.74, 6) is -0.779. The molecule has 1 amide bonds. The van der Waals surface area contributed by atoms with E-state index >= 15 is 0 Å². The minimum absolute atomic E-state index is 0.0412. The molecule has 27 heavy (non-hydrogen) atoms. The lowest BCUT2D eigenvalue weighted by molar-refractivity contribution is -0.112. The molecule has 4 nitrogen and oxygen atoms in total. The Morgan fingerprint density at radius 2 is 1.56 bits per heavy atom. The van der Waals surface area contributed by atoms with Crippen LogP contribution in [-0.4, -0.2) is 5.91 Å². The van der Waals surface area contributed by atoms with Crippen LogP contribution in [0.5, 0.6) is 11.5 Å². The van der Waals surface area contributed by atoms with Crippen molar-refractivity contribution in [2.45, 2.75) is 0 Å². The lowest BCUT2D eigenvalue weighted by Crippen LogP contribution is -2.14. The summed E-state index contributed by atoms with van der Waals surface area (Å²) in [6.07, 6.45) is 1.50. The topological polar surface area (TPSA) is 62.1 Å². The lowest BCUT2D eigenvalue weighted by Gasteiger charge is -2.12. The van der Waals surface area contributed by atoms with Crippen LogP contribution in [0.3, 0.4) is 0 Å². The van der Waals surface area contributed by atoms with Gasteiger partial charge in [-0.1, -0.05) is 54.6 Å². The normalized spacial score (nSPS) is 10.7. The summed E-state index contributed by atoms with van der Waals surface area (Å²) in [5, 5.41) is 12.0. The fourth-order valence-electron chi connectivity index (χ4n) is 2.36. The maximum absolute atomic E-state index is 13.8. The molecule has 3 rings (SSSR count). The molecule has 0 fully saturated rings. The van der Waals surface area contributed by atoms with Gasteiger partial charge in [0.25, 0.3) is 5.91 Å². The molecular weight excluding hydrogens is 343 g/mol. The van der Waals surface area contributed by atoms with Crippen molar-refractivity contribution >= 4 is 17.7 Å². The first-order chi connectivity index (χ1) is 13.2. The highest BCUT2D eigenvalue weighted by Crippen LogP contribution is 2.31. The lowest BCUT2D eigenvalue weighted by atomic mass is 10.1. The average Bonchev–Trinajstić information content (AvgIpc) is 2.70. The second-order valence-corrected chi connectivity index (χ2v) is 5.56. The molecule has 0 unspecified atom stereocenters. The number of ether oxygens (including phenoxy) is 1. The van der Waals surface area contributed by atoms with E-state index in [1.54, 1.807) is 48.5 Å². The number of nitriles is 1. The van der Waals surface area contributed by atoms with Gasteiger partial charge in [0.1, 0.15) is 11.6 Å². The number of nitrogens with one attached hydrogen (secondary N) is 1. The zero-order valence-corrected chi connectivity index (χ0v) is 14.2. The molecule has 0 aromatic heterocycles. The maximum atomic E-state index is 13.8. The van der Waals surface area contributed by atoms with Crippen LogP contribution in [-0.2, 0) is 4.79 Å². The van der Waals surface area contributed by atoms with Gasteiger partial charge in [0.2, 0.25) is 0 Å². The van der Waals surface area contributed by atoms with Crippen molar-refractivity contribution in [1.82, 2.24) is 0 Å². The fourth-order valence-corrected chi connectivity index (χ4v) is 2.36. The second-order valence-electron chi connectivity index (χ2n) is 5.56. The fraction of sp³-hybridized carbons (Fsp3) is 0. The van der Waals surface area contributed by atoms with Gasteiger partial charge in [-0.05, 0) is 35.9 Å². The van der Waals surface area contributed by atoms with E-state index in [1.165, 1.54) is 18.2 Å². The zero-order valence-electron chi connectivity index (χ0n) is 14.2. The molecule has 0 aliphatic rings. The summed E-state index contributed by atoms with van der Waals surface area (Å²) < 4.78 is 19.4. The molecule has 0 heterocycles. The molecule has 132 valence electrons. The summed E-state index contributed by atoms with van der Waals surface area (Å²) in [5.41, 5.74) is 1.02. The SMILES string of the molecule is N#C/C(=C/c1ccccc1)C(=O)Nc1ccccc1Oc1ccccc1F. The van der Waals surface area contributed by atoms with Gasteiger partial charge < -0.3 is 10.1 Å². The Bertz CT molecular complexity index is 1020. The largest absolute Gasteiger partial charge is 0.452 e. The molecule has 0 atom stereocenters. The van der Waals surface area contributed by atoms with E-state index in [9.17, 15) is 14.4 Å². The van der Waals surface area contributed by atoms with E-state index in [4.69, 9.17) is 4.74 Å². The first-order valence-corrected chi connectivity index (χ1v) is 8.17. The quantitative estimate of drug-likeness (QED) is 0.506. The number of carbonyl (C=O) groups is 1. The van der Waals surface area contributed by atoms with Gasteiger partial charge in [-0.2, -0.15) is 5.26 Å². The van der Waals surface area contributed by atoms with Crippen LogP contribution < -0.4 is 10.1 Å². The molecule has 5 heteroatoms. The van der Waals surface area contributed by atoms with E-state index in [0.717, 1.165) is 5.56 Å². The highest BCUT2D eigenvalue weighted by atomic mass is 19.1. The summed E-state index contributed by atoms with van der Waals surface area (Å²) in [4.78, 5) is 12.5. The van der Waals surface area contributed by atoms with Gasteiger partial charge in [0.05, 0.1) is 5.69 Å². The van der Waals surface area contributed by atoms with Crippen molar-refractivity contribution in [1.29, 1.82) is 5.26 Å². The molecule has 0 saturated heterocycles. The van der Waals surface area contributed by atoms with Crippen molar-refractivity contribution in [3.8, 4) is 17.6 Å². The number of halogens is 1. The number of hydrogen-bond donors (Lipinski definition) is 1. The molecule has 0 radical (unpaired) electrons. The Balaban J connectivity index is 1.83. The molecule has 0 bridgehead atoms. The summed E-state index contributed by atoms with van der Waals surface area (Å²) in [6, 6.07) is 23.6. The van der Waals surface area contributed by atoms with Crippen LogP contribution in [0.25, 0.3) is 6.08 Å². The Morgan fingerprint density at radius 3 is 2.26 bits per heavy atom. The van der Waals surface area contributed by atoms with Gasteiger partial charge in [-0.3, -0.25) is 4.79 Å². The monoisotopic (exact) mass is 358 g/mol. The van der Waals surface area contributed by atoms with Crippen molar-refractivity contribution < 1.29 is 13.9 Å². The Morgan fingerprint density at radius 1 is 0.926 bits per heavy atom. The number of anilines is 1. The van der Waals surface area contributed by atoms with Gasteiger partial charge in [0, 0.05) is 0 Å². The van der Waals surface area contributed by atoms with E-state index in [0.29, 0.717) is 5.69 Å². The van der Waals surface area contributed by atoms with Crippen LogP contribution >= 0.6 is 0 Å². The number of hydrogen-bond acceptors (Lipinski definition) is 3. The molecular formula is C22H15FN2O2. The highest BCUT2D eigenvalue weighted by molar-refractivity contribution is 6.10. The van der Waals surface area contributed by atoms with Crippen molar-refractivity contribution in [2.75, 3.05) is 5.32 Å². The molecule has 0 aliphatic heterocycles. The molecule has 3 aromatic rings. The first kappa shape index (κ1) is 17.9. The number of rotatable bonds is 5. The predicted molar refractivity (Wildman–Crippen MR) is 102 cm³/mol. The summed E-state index contributed by atoms with van der Waals surface area (Å²) in [6.45, 7) is 0. The number of carbonyl (C=O) groups excluding carboxylic acids is 1. The van der Waals surface area contributed by atoms with E-state index in [2.05, 4.69) is 5.32 Å². The van der Waals surface area contributed by atoms with Gasteiger partial charge in [0.15, 0.2) is 17.3 Å². The highest BCUT2D eigenvalue weighted by Gasteiger charge is 2.13. The van der Waals surface area contributed by atoms with Gasteiger partial charge in [-0.15, -0.1) is 0 Å². The smallest absolute Gasteiger partial charge is 0.266 e. The average molecular weight is 358 g/mol. The Labute approximate surface area is 156 Å². The van der Waals surface area contributed by atoms with Crippen LogP contribution in [0.15, 0.2) is 84.4 Å². The minimum Gasteiger partial charge on any atom is -0.452 e. The number of para-hydroxylation sites is 3. The van der Waals surface area contributed by atoms with Crippen molar-refractivity contribution in [3.05, 3.63) is 95.8 Å². The van der Waals surface area contributed by atoms with Gasteiger partial charge >= 0.3 is 0 Å². The summed E-state index contributed by atoms with van der Waals surface area (Å²) >= 11 is 0. The first-order valence-electron chi connectivity index (χ1n) is 8.17. The van der Waals surface area contributed by atoms with Crippen molar-refractivity contribution in [3.63, 3.8) is 0 Å². The van der Waals surface area contributed by atoms with E-state index in [1.807, 2.05) is 24.3 Å². The zero-order chi connectivity index (χ0) is 19.1. The maximum Gasteiger partial charge on any atom is 0.266 e. The van der Waals surface area contributed by atoms with Gasteiger partial charge in [-0.25, -0.2) is 4.39 Å².